The lowest BCUT2D eigenvalue weighted by Gasteiger charge is -2.31. The molecular weight excluding hydrogens is 602 g/mol. The molecule has 1 aliphatic rings. The Morgan fingerprint density at radius 1 is 1.21 bits per heavy atom. The topological polar surface area (TPSA) is 59.5 Å². The van der Waals surface area contributed by atoms with E-state index in [0.717, 1.165) is 28.2 Å². The molecule has 0 bridgehead atoms. The fourth-order valence-corrected chi connectivity index (χ4v) is 8.09. The van der Waals surface area contributed by atoms with Crippen molar-refractivity contribution in [2.24, 2.45) is 0 Å². The molecule has 1 fully saturated rings. The number of rotatable bonds is 6. The Bertz CT molecular complexity index is 1250. The molecule has 4 rings (SSSR count). The van der Waals surface area contributed by atoms with Crippen LogP contribution < -0.4 is 9.64 Å². The zero-order valence-electron chi connectivity index (χ0n) is 17.5. The maximum Gasteiger partial charge on any atom is 0.185 e. The van der Waals surface area contributed by atoms with Crippen LogP contribution in [0.25, 0.3) is 0 Å². The third kappa shape index (κ3) is 5.11. The van der Waals surface area contributed by atoms with Crippen molar-refractivity contribution in [3.63, 3.8) is 0 Å². The number of methoxy groups -OCH3 is 1. The van der Waals surface area contributed by atoms with E-state index in [2.05, 4.69) is 31.9 Å². The summed E-state index contributed by atoms with van der Waals surface area (Å²) in [6, 6.07) is 8.72. The molecule has 33 heavy (non-hydrogen) atoms. The van der Waals surface area contributed by atoms with Gasteiger partial charge in [0, 0.05) is 24.9 Å². The number of hydrogen-bond acceptors (Lipinski definition) is 6. The predicted molar refractivity (Wildman–Crippen MR) is 132 cm³/mol. The van der Waals surface area contributed by atoms with Gasteiger partial charge in [-0.15, -0.1) is 11.3 Å². The average Bonchev–Trinajstić information content (AvgIpc) is 3.26. The first-order chi connectivity index (χ1) is 15.7. The van der Waals surface area contributed by atoms with Crippen LogP contribution in [0.15, 0.2) is 49.6 Å². The monoisotopic (exact) mass is 620 g/mol. The van der Waals surface area contributed by atoms with Crippen molar-refractivity contribution < 1.29 is 21.9 Å². The fraction of sp³-hybridized carbons (Fsp3) is 0.318. The Morgan fingerprint density at radius 2 is 1.94 bits per heavy atom. The van der Waals surface area contributed by atoms with Crippen LogP contribution in [-0.4, -0.2) is 38.9 Å². The second kappa shape index (κ2) is 9.97. The number of benzene rings is 2. The number of nitrogens with zero attached hydrogens (tertiary/aromatic N) is 2. The van der Waals surface area contributed by atoms with E-state index in [0.29, 0.717) is 32.4 Å². The molecule has 1 saturated heterocycles. The van der Waals surface area contributed by atoms with E-state index >= 15 is 0 Å². The van der Waals surface area contributed by atoms with Crippen molar-refractivity contribution >= 4 is 58.2 Å². The number of aromatic nitrogens is 1. The Hall–Kier alpha value is -1.56. The minimum absolute atomic E-state index is 0.217. The molecular formula is C22H20Br2F2N2O3S2. The van der Waals surface area contributed by atoms with Gasteiger partial charge in [0.15, 0.2) is 20.8 Å². The standard InChI is InChI=1S/C22H20Br2F2N2O3S2/c1-31-15-4-2-3-13(10-15)9-14-12-32-22(27-14)28-7-5-16(6-8-28)33(29,30)21-19(24)18(25)11-17(23)20(21)26/h2-4,10-12,16H,5-9H2,1H3. The van der Waals surface area contributed by atoms with Crippen molar-refractivity contribution in [1.82, 2.24) is 4.98 Å². The van der Waals surface area contributed by atoms with Crippen molar-refractivity contribution in [3.8, 4) is 5.75 Å². The zero-order valence-corrected chi connectivity index (χ0v) is 22.3. The van der Waals surface area contributed by atoms with Gasteiger partial charge in [-0.2, -0.15) is 0 Å². The number of piperidine rings is 1. The highest BCUT2D eigenvalue weighted by molar-refractivity contribution is 9.11. The third-order valence-corrected chi connectivity index (χ3v) is 10.4. The SMILES string of the molecule is COc1cccc(Cc2csc(N3CCC(S(=O)(=O)c4c(F)c(Br)cc(F)c4Br)CC3)n2)c1. The first kappa shape index (κ1) is 24.6. The average molecular weight is 622 g/mol. The predicted octanol–water partition coefficient (Wildman–Crippen LogP) is 5.99. The minimum Gasteiger partial charge on any atom is -0.497 e. The first-order valence-electron chi connectivity index (χ1n) is 10.1. The summed E-state index contributed by atoms with van der Waals surface area (Å²) in [7, 11) is -2.43. The minimum atomic E-state index is -4.06. The Morgan fingerprint density at radius 3 is 2.64 bits per heavy atom. The summed E-state index contributed by atoms with van der Waals surface area (Å²) >= 11 is 7.32. The summed E-state index contributed by atoms with van der Waals surface area (Å²) < 4.78 is 59.6. The van der Waals surface area contributed by atoms with Gasteiger partial charge in [0.25, 0.3) is 0 Å². The zero-order chi connectivity index (χ0) is 23.8. The highest BCUT2D eigenvalue weighted by Crippen LogP contribution is 2.37. The molecule has 176 valence electrons. The van der Waals surface area contributed by atoms with Crippen molar-refractivity contribution in [3.05, 3.63) is 67.5 Å². The number of thiazole rings is 1. The number of sulfone groups is 1. The molecule has 0 atom stereocenters. The van der Waals surface area contributed by atoms with Crippen LogP contribution in [0.4, 0.5) is 13.9 Å². The second-order valence-corrected chi connectivity index (χ2v) is 12.3. The van der Waals surface area contributed by atoms with Gasteiger partial charge in [0.05, 0.1) is 27.0 Å². The molecule has 0 N–H and O–H groups in total. The van der Waals surface area contributed by atoms with Crippen LogP contribution in [0, 0.1) is 11.6 Å². The summed E-state index contributed by atoms with van der Waals surface area (Å²) in [6.07, 6.45) is 1.26. The molecule has 1 aromatic heterocycles. The van der Waals surface area contributed by atoms with Crippen molar-refractivity contribution in [2.75, 3.05) is 25.1 Å². The molecule has 2 heterocycles. The number of anilines is 1. The lowest BCUT2D eigenvalue weighted by molar-refractivity contribution is 0.414. The third-order valence-electron chi connectivity index (χ3n) is 5.57. The van der Waals surface area contributed by atoms with Crippen LogP contribution in [0.3, 0.4) is 0 Å². The van der Waals surface area contributed by atoms with Gasteiger partial charge in [-0.05, 0) is 68.5 Å². The highest BCUT2D eigenvalue weighted by Gasteiger charge is 2.36. The molecule has 5 nitrogen and oxygen atoms in total. The summed E-state index contributed by atoms with van der Waals surface area (Å²) in [4.78, 5) is 6.13. The number of halogens is 4. The molecule has 0 saturated carbocycles. The van der Waals surface area contributed by atoms with Gasteiger partial charge in [0.1, 0.15) is 16.5 Å². The number of hydrogen-bond donors (Lipinski definition) is 0. The molecule has 0 aliphatic carbocycles. The molecule has 0 unspecified atom stereocenters. The quantitative estimate of drug-likeness (QED) is 0.317. The van der Waals surface area contributed by atoms with Gasteiger partial charge in [-0.3, -0.25) is 0 Å². The normalized spacial score (nSPS) is 15.1. The highest BCUT2D eigenvalue weighted by atomic mass is 79.9. The Balaban J connectivity index is 1.45. The van der Waals surface area contributed by atoms with Gasteiger partial charge < -0.3 is 9.64 Å². The van der Waals surface area contributed by atoms with E-state index in [1.807, 2.05) is 34.5 Å². The lowest BCUT2D eigenvalue weighted by atomic mass is 10.1. The van der Waals surface area contributed by atoms with Gasteiger partial charge in [-0.1, -0.05) is 12.1 Å². The van der Waals surface area contributed by atoms with Crippen LogP contribution in [0.5, 0.6) is 5.75 Å². The Kier molecular flexibility index (Phi) is 7.42. The number of ether oxygens (including phenoxy) is 1. The van der Waals surface area contributed by atoms with Crippen LogP contribution in [0.1, 0.15) is 24.1 Å². The summed E-state index contributed by atoms with van der Waals surface area (Å²) in [5.41, 5.74) is 2.01. The molecule has 2 aromatic carbocycles. The van der Waals surface area contributed by atoms with E-state index in [1.165, 1.54) is 11.3 Å². The maximum atomic E-state index is 14.6. The van der Waals surface area contributed by atoms with Crippen molar-refractivity contribution in [1.29, 1.82) is 0 Å². The summed E-state index contributed by atoms with van der Waals surface area (Å²) in [5, 5.41) is 2.02. The van der Waals surface area contributed by atoms with Gasteiger partial charge in [-0.25, -0.2) is 22.2 Å². The molecule has 1 aliphatic heterocycles. The van der Waals surface area contributed by atoms with Gasteiger partial charge in [0.2, 0.25) is 0 Å². The van der Waals surface area contributed by atoms with Crippen LogP contribution in [0.2, 0.25) is 0 Å². The van der Waals surface area contributed by atoms with Crippen LogP contribution in [-0.2, 0) is 16.3 Å². The molecule has 0 radical (unpaired) electrons. The summed E-state index contributed by atoms with van der Waals surface area (Å²) in [5.74, 6) is -1.02. The maximum absolute atomic E-state index is 14.6. The van der Waals surface area contributed by atoms with Crippen LogP contribution >= 0.6 is 43.2 Å². The lowest BCUT2D eigenvalue weighted by Crippen LogP contribution is -2.39. The molecule has 0 amide bonds. The van der Waals surface area contributed by atoms with E-state index in [9.17, 15) is 17.2 Å². The Labute approximate surface area is 212 Å². The smallest absolute Gasteiger partial charge is 0.185 e. The van der Waals surface area contributed by atoms with E-state index in [-0.39, 0.29) is 8.95 Å². The van der Waals surface area contributed by atoms with E-state index in [4.69, 9.17) is 9.72 Å². The van der Waals surface area contributed by atoms with Gasteiger partial charge >= 0.3 is 0 Å². The van der Waals surface area contributed by atoms with E-state index in [1.54, 1.807) is 7.11 Å². The second-order valence-electron chi connectivity index (χ2n) is 7.68. The van der Waals surface area contributed by atoms with Crippen molar-refractivity contribution in [2.45, 2.75) is 29.4 Å². The largest absolute Gasteiger partial charge is 0.497 e. The van der Waals surface area contributed by atoms with E-state index < -0.39 is 31.6 Å². The molecule has 0 spiro atoms. The fourth-order valence-electron chi connectivity index (χ4n) is 3.84. The first-order valence-corrected chi connectivity index (χ1v) is 14.1. The molecule has 11 heteroatoms. The molecule has 3 aromatic rings. The summed E-state index contributed by atoms with van der Waals surface area (Å²) in [6.45, 7) is 0.928.